The lowest BCUT2D eigenvalue weighted by Crippen LogP contribution is -2.52. The topological polar surface area (TPSA) is 45.3 Å². The summed E-state index contributed by atoms with van der Waals surface area (Å²) in [5.74, 6) is 2.06. The third-order valence-electron chi connectivity index (χ3n) is 5.76. The maximum Gasteiger partial charge on any atom is 0.236 e. The van der Waals surface area contributed by atoms with Gasteiger partial charge in [0, 0.05) is 45.3 Å². The van der Waals surface area contributed by atoms with Crippen LogP contribution in [0.1, 0.15) is 33.1 Å². The highest BCUT2D eigenvalue weighted by molar-refractivity contribution is 5.78. The van der Waals surface area contributed by atoms with E-state index in [1.54, 1.807) is 0 Å². The summed E-state index contributed by atoms with van der Waals surface area (Å²) in [5, 5.41) is 0. The van der Waals surface area contributed by atoms with E-state index in [2.05, 4.69) is 21.6 Å². The largest absolute Gasteiger partial charge is 0.494 e. The number of likely N-dealkylation sites (tertiary alicyclic amines) is 1. The molecule has 0 spiro atoms. The molecule has 3 rings (SSSR count). The predicted molar refractivity (Wildman–Crippen MR) is 111 cm³/mol. The first kappa shape index (κ1) is 20.9. The Morgan fingerprint density at radius 2 is 1.61 bits per heavy atom. The summed E-state index contributed by atoms with van der Waals surface area (Å²) in [4.78, 5) is 19.4. The molecule has 0 saturated carbocycles. The van der Waals surface area contributed by atoms with Crippen molar-refractivity contribution in [3.8, 4) is 11.5 Å². The number of piperidine rings is 1. The number of hydrogen-bond acceptors (Lipinski definition) is 5. The average Bonchev–Trinajstić information content (AvgIpc) is 2.71. The minimum absolute atomic E-state index is 0.305. The summed E-state index contributed by atoms with van der Waals surface area (Å²) in [6.45, 7) is 11.8. The highest BCUT2D eigenvalue weighted by Gasteiger charge is 2.26. The highest BCUT2D eigenvalue weighted by Crippen LogP contribution is 2.18. The normalized spacial score (nSPS) is 21.5. The number of nitrogens with zero attached hydrogens (tertiary/aromatic N) is 3. The molecular weight excluding hydrogens is 354 g/mol. The van der Waals surface area contributed by atoms with E-state index in [0.29, 0.717) is 31.7 Å². The fourth-order valence-electron chi connectivity index (χ4n) is 4.01. The lowest BCUT2D eigenvalue weighted by atomic mass is 10.0. The van der Waals surface area contributed by atoms with E-state index < -0.39 is 0 Å². The van der Waals surface area contributed by atoms with Gasteiger partial charge in [0.25, 0.3) is 0 Å². The van der Waals surface area contributed by atoms with Crippen LogP contribution < -0.4 is 9.47 Å². The predicted octanol–water partition coefficient (Wildman–Crippen LogP) is 2.48. The summed E-state index contributed by atoms with van der Waals surface area (Å²) in [5.41, 5.74) is 0. The van der Waals surface area contributed by atoms with E-state index in [0.717, 1.165) is 63.6 Å². The minimum Gasteiger partial charge on any atom is -0.494 e. The van der Waals surface area contributed by atoms with Gasteiger partial charge in [0.15, 0.2) is 0 Å². The summed E-state index contributed by atoms with van der Waals surface area (Å²) in [6, 6.07) is 8.20. The van der Waals surface area contributed by atoms with Crippen LogP contribution in [-0.4, -0.2) is 85.7 Å². The lowest BCUT2D eigenvalue weighted by Gasteiger charge is -2.38. The van der Waals surface area contributed by atoms with Gasteiger partial charge in [0.1, 0.15) is 18.1 Å². The smallest absolute Gasteiger partial charge is 0.236 e. The molecule has 1 aromatic rings. The van der Waals surface area contributed by atoms with Crippen LogP contribution in [0.5, 0.6) is 11.5 Å². The van der Waals surface area contributed by atoms with Crippen molar-refractivity contribution in [2.24, 2.45) is 0 Å². The van der Waals surface area contributed by atoms with Crippen molar-refractivity contribution in [3.63, 3.8) is 0 Å². The fraction of sp³-hybridized carbons (Fsp3) is 0.682. The van der Waals surface area contributed by atoms with Crippen molar-refractivity contribution in [2.75, 3.05) is 59.0 Å². The van der Waals surface area contributed by atoms with Gasteiger partial charge in [-0.2, -0.15) is 0 Å². The number of benzene rings is 1. The molecule has 0 radical (unpaired) electrons. The first-order chi connectivity index (χ1) is 13.7. The Labute approximate surface area is 169 Å². The van der Waals surface area contributed by atoms with Crippen LogP contribution in [0, 0.1) is 0 Å². The molecule has 6 nitrogen and oxygen atoms in total. The molecule has 156 valence electrons. The number of rotatable bonds is 8. The molecule has 2 saturated heterocycles. The van der Waals surface area contributed by atoms with Crippen molar-refractivity contribution in [1.82, 2.24) is 14.7 Å². The van der Waals surface area contributed by atoms with E-state index in [-0.39, 0.29) is 0 Å². The first-order valence-corrected chi connectivity index (χ1v) is 10.8. The van der Waals surface area contributed by atoms with Gasteiger partial charge < -0.3 is 14.4 Å². The Hall–Kier alpha value is -1.79. The maximum atomic E-state index is 12.6. The molecule has 1 atom stereocenters. The van der Waals surface area contributed by atoms with Gasteiger partial charge in [-0.3, -0.25) is 14.6 Å². The Morgan fingerprint density at radius 3 is 2.25 bits per heavy atom. The lowest BCUT2D eigenvalue weighted by molar-refractivity contribution is -0.136. The average molecular weight is 390 g/mol. The van der Waals surface area contributed by atoms with Gasteiger partial charge in [-0.05, 0) is 57.4 Å². The summed E-state index contributed by atoms with van der Waals surface area (Å²) in [6.07, 6.45) is 3.55. The van der Waals surface area contributed by atoms with Crippen LogP contribution in [0.4, 0.5) is 0 Å². The van der Waals surface area contributed by atoms with Crippen LogP contribution in [0.25, 0.3) is 0 Å². The number of ether oxygens (including phenoxy) is 2. The molecule has 0 aromatic heterocycles. The summed E-state index contributed by atoms with van der Waals surface area (Å²) in [7, 11) is 0. The molecule has 2 aliphatic heterocycles. The summed E-state index contributed by atoms with van der Waals surface area (Å²) >= 11 is 0. The Bertz CT molecular complexity index is 600. The monoisotopic (exact) mass is 389 g/mol. The van der Waals surface area contributed by atoms with E-state index in [4.69, 9.17) is 9.47 Å². The van der Waals surface area contributed by atoms with Crippen LogP contribution >= 0.6 is 0 Å². The van der Waals surface area contributed by atoms with Crippen LogP contribution in [0.15, 0.2) is 24.3 Å². The fourth-order valence-corrected chi connectivity index (χ4v) is 4.01. The second-order valence-corrected chi connectivity index (χ2v) is 7.80. The highest BCUT2D eigenvalue weighted by atomic mass is 16.5. The SMILES string of the molecule is CCOc1ccc(OCCN2CCN(CC(=O)N3CCCCC3C)CC2)cc1. The van der Waals surface area contributed by atoms with Gasteiger partial charge in [-0.25, -0.2) is 0 Å². The molecule has 1 unspecified atom stereocenters. The zero-order valence-corrected chi connectivity index (χ0v) is 17.4. The minimum atomic E-state index is 0.305. The van der Waals surface area contributed by atoms with Crippen molar-refractivity contribution in [2.45, 2.75) is 39.2 Å². The molecule has 1 amide bonds. The standard InChI is InChI=1S/C22H35N3O3/c1-3-27-20-7-9-21(10-8-20)28-17-16-23-12-14-24(15-13-23)18-22(26)25-11-5-4-6-19(25)2/h7-10,19H,3-6,11-18H2,1-2H3. The molecule has 6 heteroatoms. The van der Waals surface area contributed by atoms with Gasteiger partial charge in [0.2, 0.25) is 5.91 Å². The number of piperazine rings is 1. The van der Waals surface area contributed by atoms with Crippen LogP contribution in [0.2, 0.25) is 0 Å². The van der Waals surface area contributed by atoms with Gasteiger partial charge in [0.05, 0.1) is 13.2 Å². The molecule has 0 N–H and O–H groups in total. The van der Waals surface area contributed by atoms with Crippen molar-refractivity contribution < 1.29 is 14.3 Å². The summed E-state index contributed by atoms with van der Waals surface area (Å²) < 4.78 is 11.3. The third kappa shape index (κ3) is 6.11. The van der Waals surface area contributed by atoms with E-state index in [1.807, 2.05) is 31.2 Å². The second kappa shape index (κ2) is 10.7. The number of carbonyl (C=O) groups excluding carboxylic acids is 1. The molecule has 1 aromatic carbocycles. The van der Waals surface area contributed by atoms with Gasteiger partial charge in [-0.15, -0.1) is 0 Å². The number of amides is 1. The Balaban J connectivity index is 1.32. The Kier molecular flexibility index (Phi) is 7.98. The Morgan fingerprint density at radius 1 is 0.964 bits per heavy atom. The number of hydrogen-bond donors (Lipinski definition) is 0. The van der Waals surface area contributed by atoms with E-state index in [9.17, 15) is 4.79 Å². The van der Waals surface area contributed by atoms with E-state index >= 15 is 0 Å². The van der Waals surface area contributed by atoms with Gasteiger partial charge in [-0.1, -0.05) is 0 Å². The second-order valence-electron chi connectivity index (χ2n) is 7.80. The van der Waals surface area contributed by atoms with Crippen LogP contribution in [0.3, 0.4) is 0 Å². The molecular formula is C22H35N3O3. The van der Waals surface area contributed by atoms with Crippen molar-refractivity contribution in [1.29, 1.82) is 0 Å². The first-order valence-electron chi connectivity index (χ1n) is 10.8. The molecule has 2 fully saturated rings. The maximum absolute atomic E-state index is 12.6. The van der Waals surface area contributed by atoms with E-state index in [1.165, 1.54) is 6.42 Å². The number of carbonyl (C=O) groups is 1. The molecule has 2 heterocycles. The zero-order valence-electron chi connectivity index (χ0n) is 17.4. The van der Waals surface area contributed by atoms with Gasteiger partial charge >= 0.3 is 0 Å². The van der Waals surface area contributed by atoms with Crippen molar-refractivity contribution >= 4 is 5.91 Å². The zero-order chi connectivity index (χ0) is 19.8. The third-order valence-corrected chi connectivity index (χ3v) is 5.76. The quantitative estimate of drug-likeness (QED) is 0.684. The van der Waals surface area contributed by atoms with Crippen molar-refractivity contribution in [3.05, 3.63) is 24.3 Å². The van der Waals surface area contributed by atoms with Crippen LogP contribution in [-0.2, 0) is 4.79 Å². The molecule has 28 heavy (non-hydrogen) atoms. The molecule has 0 aliphatic carbocycles. The molecule has 2 aliphatic rings. The molecule has 0 bridgehead atoms.